The fraction of sp³-hybridized carbons (Fsp3) is 0.667. The van der Waals surface area contributed by atoms with Gasteiger partial charge in [0.05, 0.1) is 18.2 Å². The molecule has 0 aromatic rings. The minimum Gasteiger partial charge on any atom is -0.198 e. The van der Waals surface area contributed by atoms with Gasteiger partial charge in [0.1, 0.15) is 0 Å². The molecule has 0 amide bonds. The highest BCUT2D eigenvalue weighted by Gasteiger charge is 2.29. The van der Waals surface area contributed by atoms with Crippen LogP contribution in [0.4, 0.5) is 0 Å². The van der Waals surface area contributed by atoms with Crippen LogP contribution in [0.2, 0.25) is 18.1 Å². The van der Waals surface area contributed by atoms with Crippen molar-refractivity contribution in [1.29, 1.82) is 15.8 Å². The molecule has 0 aromatic carbocycles. The van der Waals surface area contributed by atoms with E-state index in [4.69, 9.17) is 26.9 Å². The zero-order valence-corrected chi connectivity index (χ0v) is 9.72. The molecule has 0 heterocycles. The summed E-state index contributed by atoms with van der Waals surface area (Å²) in [4.78, 5) is 0. The quantitative estimate of drug-likeness (QED) is 0.516. The molecule has 0 atom stereocenters. The predicted molar refractivity (Wildman–Crippen MR) is 56.7 cm³/mol. The standard InChI is InChI=1S/C9H12ClN3Si/c10-14(7-1-4-11,8-2-5-12)9-3-6-13/h1-3,7-9H2. The number of rotatable bonds is 6. The fourth-order valence-electron chi connectivity index (χ4n) is 1.21. The topological polar surface area (TPSA) is 71.4 Å². The number of halogens is 1. The molecule has 0 aliphatic carbocycles. The SMILES string of the molecule is N#CCC[Si](Cl)(CCC#N)CCC#N. The van der Waals surface area contributed by atoms with Crippen molar-refractivity contribution in [3.8, 4) is 18.2 Å². The molecule has 0 aromatic heterocycles. The molecule has 0 bridgehead atoms. The van der Waals surface area contributed by atoms with Crippen molar-refractivity contribution in [1.82, 2.24) is 0 Å². The van der Waals surface area contributed by atoms with Crippen LogP contribution in [0, 0.1) is 34.0 Å². The minimum absolute atomic E-state index is 0.437. The van der Waals surface area contributed by atoms with Crippen molar-refractivity contribution in [2.45, 2.75) is 37.4 Å². The van der Waals surface area contributed by atoms with Crippen molar-refractivity contribution in [3.63, 3.8) is 0 Å². The smallest absolute Gasteiger partial charge is 0.159 e. The maximum atomic E-state index is 8.46. The summed E-state index contributed by atoms with van der Waals surface area (Å²) < 4.78 is 0. The summed E-state index contributed by atoms with van der Waals surface area (Å²) in [5.74, 6) is 0. The van der Waals surface area contributed by atoms with Crippen molar-refractivity contribution in [3.05, 3.63) is 0 Å². The van der Waals surface area contributed by atoms with E-state index in [1.54, 1.807) is 0 Å². The molecule has 0 aliphatic heterocycles. The van der Waals surface area contributed by atoms with Crippen LogP contribution < -0.4 is 0 Å². The largest absolute Gasteiger partial charge is 0.198 e. The Bertz CT molecular complexity index is 238. The van der Waals surface area contributed by atoms with Gasteiger partial charge in [0, 0.05) is 19.3 Å². The van der Waals surface area contributed by atoms with Gasteiger partial charge in [-0.2, -0.15) is 26.9 Å². The zero-order valence-electron chi connectivity index (χ0n) is 7.96. The van der Waals surface area contributed by atoms with Crippen LogP contribution >= 0.6 is 11.1 Å². The molecule has 74 valence electrons. The Balaban J connectivity index is 4.13. The van der Waals surface area contributed by atoms with E-state index in [1.165, 1.54) is 0 Å². The first-order chi connectivity index (χ1) is 6.68. The van der Waals surface area contributed by atoms with Gasteiger partial charge in [-0.05, 0) is 18.1 Å². The summed E-state index contributed by atoms with van der Waals surface area (Å²) in [5.41, 5.74) is 0. The molecule has 0 radical (unpaired) electrons. The maximum Gasteiger partial charge on any atom is 0.159 e. The Morgan fingerprint density at radius 1 is 0.786 bits per heavy atom. The highest BCUT2D eigenvalue weighted by molar-refractivity contribution is 7.20. The van der Waals surface area contributed by atoms with E-state index in [0.717, 1.165) is 0 Å². The molecule has 0 N–H and O–H groups in total. The molecule has 5 heteroatoms. The average molecular weight is 226 g/mol. The highest BCUT2D eigenvalue weighted by atomic mass is 35.6. The second-order valence-electron chi connectivity index (χ2n) is 3.13. The second kappa shape index (κ2) is 7.39. The monoisotopic (exact) mass is 225 g/mol. The Morgan fingerprint density at radius 3 is 1.29 bits per heavy atom. The summed E-state index contributed by atoms with van der Waals surface area (Å²) >= 11 is 6.36. The number of nitrogens with zero attached hydrogens (tertiary/aromatic N) is 3. The van der Waals surface area contributed by atoms with E-state index in [-0.39, 0.29) is 0 Å². The Kier molecular flexibility index (Phi) is 6.85. The minimum atomic E-state index is -2.01. The lowest BCUT2D eigenvalue weighted by Crippen LogP contribution is -2.26. The Morgan fingerprint density at radius 2 is 1.07 bits per heavy atom. The van der Waals surface area contributed by atoms with Crippen molar-refractivity contribution >= 4 is 18.5 Å². The average Bonchev–Trinajstić information content (AvgIpc) is 2.21. The van der Waals surface area contributed by atoms with Gasteiger partial charge in [0.25, 0.3) is 0 Å². The van der Waals surface area contributed by atoms with Crippen LogP contribution in [0.3, 0.4) is 0 Å². The van der Waals surface area contributed by atoms with E-state index in [9.17, 15) is 0 Å². The van der Waals surface area contributed by atoms with E-state index in [2.05, 4.69) is 18.2 Å². The Labute approximate surface area is 90.2 Å². The number of hydrogen-bond donors (Lipinski definition) is 0. The third kappa shape index (κ3) is 5.59. The molecule has 0 spiro atoms. The molecule has 0 aliphatic rings. The normalized spacial score (nSPS) is 9.86. The van der Waals surface area contributed by atoms with Crippen LogP contribution in [0.25, 0.3) is 0 Å². The summed E-state index contributed by atoms with van der Waals surface area (Å²) in [6, 6.07) is 8.25. The lowest BCUT2D eigenvalue weighted by atomic mass is 10.5. The highest BCUT2D eigenvalue weighted by Crippen LogP contribution is 2.29. The fourth-order valence-corrected chi connectivity index (χ4v) is 4.49. The molecule has 0 saturated carbocycles. The van der Waals surface area contributed by atoms with E-state index < -0.39 is 7.38 Å². The van der Waals surface area contributed by atoms with Crippen LogP contribution in [0.15, 0.2) is 0 Å². The maximum absolute atomic E-state index is 8.46. The van der Waals surface area contributed by atoms with Gasteiger partial charge in [-0.25, -0.2) is 0 Å². The summed E-state index contributed by atoms with van der Waals surface area (Å²) in [7, 11) is -2.01. The molecular formula is C9H12ClN3Si. The first kappa shape index (κ1) is 13.0. The van der Waals surface area contributed by atoms with E-state index in [1.807, 2.05) is 0 Å². The first-order valence-electron chi connectivity index (χ1n) is 4.48. The van der Waals surface area contributed by atoms with Gasteiger partial charge < -0.3 is 0 Å². The van der Waals surface area contributed by atoms with Gasteiger partial charge in [-0.3, -0.25) is 0 Å². The third-order valence-corrected chi connectivity index (χ3v) is 7.19. The first-order valence-corrected chi connectivity index (χ1v) is 8.11. The third-order valence-electron chi connectivity index (χ3n) is 2.05. The summed E-state index contributed by atoms with van der Waals surface area (Å²) in [6.45, 7) is 0. The second-order valence-corrected chi connectivity index (χ2v) is 9.33. The molecule has 0 rings (SSSR count). The summed E-state index contributed by atoms with van der Waals surface area (Å²) in [6.07, 6.45) is 1.31. The number of hydrogen-bond acceptors (Lipinski definition) is 3. The van der Waals surface area contributed by atoms with Crippen LogP contribution in [-0.4, -0.2) is 7.38 Å². The lowest BCUT2D eigenvalue weighted by molar-refractivity contribution is 1.05. The molecule has 0 fully saturated rings. The van der Waals surface area contributed by atoms with E-state index >= 15 is 0 Å². The van der Waals surface area contributed by atoms with Crippen molar-refractivity contribution < 1.29 is 0 Å². The van der Waals surface area contributed by atoms with Crippen molar-refractivity contribution in [2.24, 2.45) is 0 Å². The predicted octanol–water partition coefficient (Wildman–Crippen LogP) is 2.91. The molecule has 0 saturated heterocycles. The molecule has 3 nitrogen and oxygen atoms in total. The van der Waals surface area contributed by atoms with Gasteiger partial charge in [0.2, 0.25) is 0 Å². The van der Waals surface area contributed by atoms with Gasteiger partial charge >= 0.3 is 0 Å². The van der Waals surface area contributed by atoms with Crippen LogP contribution in [-0.2, 0) is 0 Å². The van der Waals surface area contributed by atoms with Crippen LogP contribution in [0.1, 0.15) is 19.3 Å². The van der Waals surface area contributed by atoms with E-state index in [0.29, 0.717) is 37.4 Å². The lowest BCUT2D eigenvalue weighted by Gasteiger charge is -2.20. The zero-order chi connectivity index (χ0) is 10.9. The van der Waals surface area contributed by atoms with Crippen molar-refractivity contribution in [2.75, 3.05) is 0 Å². The summed E-state index contributed by atoms with van der Waals surface area (Å²) in [5, 5.41) is 25.4. The van der Waals surface area contributed by atoms with Crippen LogP contribution in [0.5, 0.6) is 0 Å². The Hall–Kier alpha value is -1.02. The van der Waals surface area contributed by atoms with Gasteiger partial charge in [-0.15, -0.1) is 0 Å². The molecular weight excluding hydrogens is 214 g/mol. The van der Waals surface area contributed by atoms with Gasteiger partial charge in [0.15, 0.2) is 7.38 Å². The number of nitriles is 3. The molecule has 14 heavy (non-hydrogen) atoms. The molecule has 0 unspecified atom stereocenters. The van der Waals surface area contributed by atoms with Gasteiger partial charge in [-0.1, -0.05) is 0 Å².